The van der Waals surface area contributed by atoms with Gasteiger partial charge in [-0.3, -0.25) is 4.79 Å². The molecule has 2 aliphatic heterocycles. The van der Waals surface area contributed by atoms with Crippen molar-refractivity contribution in [1.29, 1.82) is 0 Å². The number of aromatic nitrogens is 2. The largest absolute Gasteiger partial charge is 0.486 e. The van der Waals surface area contributed by atoms with Gasteiger partial charge in [-0.1, -0.05) is 12.1 Å². The van der Waals surface area contributed by atoms with E-state index < -0.39 is 0 Å². The summed E-state index contributed by atoms with van der Waals surface area (Å²) in [5, 5.41) is 3.97. The Hall–Kier alpha value is -2.57. The van der Waals surface area contributed by atoms with E-state index in [0.29, 0.717) is 55.0 Å². The summed E-state index contributed by atoms with van der Waals surface area (Å²) in [5.74, 6) is 2.46. The standard InChI is InChI=1S/C18H21N3O4/c1-2-16-19-17(25-20-16)13-5-3-4-8-21(13)18(22)12-6-7-14-15(11-12)24-10-9-23-14/h6-7,11,13H,2-5,8-10H2,1H3/t13-/m0/s1. The number of rotatable bonds is 3. The summed E-state index contributed by atoms with van der Waals surface area (Å²) < 4.78 is 16.5. The number of piperidine rings is 1. The Balaban J connectivity index is 1.60. The zero-order chi connectivity index (χ0) is 17.2. The first kappa shape index (κ1) is 15.9. The molecule has 1 saturated heterocycles. The first-order valence-corrected chi connectivity index (χ1v) is 8.79. The zero-order valence-electron chi connectivity index (χ0n) is 14.2. The maximum Gasteiger partial charge on any atom is 0.254 e. The maximum atomic E-state index is 13.1. The van der Waals surface area contributed by atoms with Crippen LogP contribution in [0.1, 0.15) is 54.3 Å². The minimum Gasteiger partial charge on any atom is -0.486 e. The van der Waals surface area contributed by atoms with Crippen LogP contribution in [0.2, 0.25) is 0 Å². The molecule has 3 heterocycles. The van der Waals surface area contributed by atoms with Crippen LogP contribution in [0.3, 0.4) is 0 Å². The Morgan fingerprint density at radius 1 is 1.24 bits per heavy atom. The molecule has 0 N–H and O–H groups in total. The van der Waals surface area contributed by atoms with Crippen molar-refractivity contribution in [3.8, 4) is 11.5 Å². The smallest absolute Gasteiger partial charge is 0.254 e. The Kier molecular flexibility index (Phi) is 4.29. The van der Waals surface area contributed by atoms with Gasteiger partial charge in [-0.15, -0.1) is 0 Å². The number of fused-ring (bicyclic) bond motifs is 1. The molecule has 1 amide bonds. The normalized spacial score (nSPS) is 19.7. The lowest BCUT2D eigenvalue weighted by Crippen LogP contribution is -2.38. The highest BCUT2D eigenvalue weighted by Crippen LogP contribution is 2.34. The molecular weight excluding hydrogens is 322 g/mol. The number of amides is 1. The van der Waals surface area contributed by atoms with Crippen molar-refractivity contribution >= 4 is 5.91 Å². The quantitative estimate of drug-likeness (QED) is 0.853. The van der Waals surface area contributed by atoms with E-state index in [1.165, 1.54) is 0 Å². The van der Waals surface area contributed by atoms with E-state index in [9.17, 15) is 4.79 Å². The first-order chi connectivity index (χ1) is 12.3. The highest BCUT2D eigenvalue weighted by Gasteiger charge is 2.33. The minimum atomic E-state index is -0.165. The zero-order valence-corrected chi connectivity index (χ0v) is 14.2. The summed E-state index contributed by atoms with van der Waals surface area (Å²) in [6.07, 6.45) is 3.56. The number of aryl methyl sites for hydroxylation is 1. The summed E-state index contributed by atoms with van der Waals surface area (Å²) >= 11 is 0. The highest BCUT2D eigenvalue weighted by atomic mass is 16.6. The van der Waals surface area contributed by atoms with Crippen molar-refractivity contribution in [3.05, 3.63) is 35.5 Å². The van der Waals surface area contributed by atoms with Crippen LogP contribution in [-0.4, -0.2) is 40.7 Å². The van der Waals surface area contributed by atoms with Gasteiger partial charge in [0.25, 0.3) is 5.91 Å². The minimum absolute atomic E-state index is 0.0436. The SMILES string of the molecule is CCc1noc([C@@H]2CCCCN2C(=O)c2ccc3c(c2)OCCO3)n1. The van der Waals surface area contributed by atoms with E-state index in [1.807, 2.05) is 11.8 Å². The molecule has 1 aromatic carbocycles. The van der Waals surface area contributed by atoms with Gasteiger partial charge in [0, 0.05) is 18.5 Å². The van der Waals surface area contributed by atoms with Crippen LogP contribution >= 0.6 is 0 Å². The van der Waals surface area contributed by atoms with E-state index in [4.69, 9.17) is 14.0 Å². The Morgan fingerprint density at radius 3 is 2.88 bits per heavy atom. The monoisotopic (exact) mass is 343 g/mol. The van der Waals surface area contributed by atoms with Gasteiger partial charge in [0.2, 0.25) is 5.89 Å². The fourth-order valence-corrected chi connectivity index (χ4v) is 3.32. The van der Waals surface area contributed by atoms with Crippen LogP contribution in [0.5, 0.6) is 11.5 Å². The number of carbonyl (C=O) groups excluding carboxylic acids is 1. The average molecular weight is 343 g/mol. The predicted molar refractivity (Wildman–Crippen MR) is 88.7 cm³/mol. The Labute approximate surface area is 145 Å². The predicted octanol–water partition coefficient (Wildman–Crippen LogP) is 2.77. The molecule has 7 heteroatoms. The molecule has 2 aromatic rings. The van der Waals surface area contributed by atoms with Crippen molar-refractivity contribution in [2.45, 2.75) is 38.6 Å². The average Bonchev–Trinajstić information content (AvgIpc) is 3.16. The molecule has 1 fully saturated rings. The Morgan fingerprint density at radius 2 is 2.08 bits per heavy atom. The van der Waals surface area contributed by atoms with E-state index >= 15 is 0 Å². The van der Waals surface area contributed by atoms with Crippen LogP contribution in [0.4, 0.5) is 0 Å². The van der Waals surface area contributed by atoms with Crippen molar-refractivity contribution in [3.63, 3.8) is 0 Å². The molecule has 0 unspecified atom stereocenters. The van der Waals surface area contributed by atoms with Gasteiger partial charge in [-0.25, -0.2) is 0 Å². The summed E-state index contributed by atoms with van der Waals surface area (Å²) in [6.45, 7) is 3.69. The molecule has 4 rings (SSSR count). The second-order valence-corrected chi connectivity index (χ2v) is 6.27. The third-order valence-corrected chi connectivity index (χ3v) is 4.64. The molecule has 2 aliphatic rings. The number of hydrogen-bond acceptors (Lipinski definition) is 6. The fourth-order valence-electron chi connectivity index (χ4n) is 3.32. The number of carbonyl (C=O) groups is 1. The van der Waals surface area contributed by atoms with E-state index in [0.717, 1.165) is 19.3 Å². The van der Waals surface area contributed by atoms with Gasteiger partial charge in [-0.2, -0.15) is 4.98 Å². The third-order valence-electron chi connectivity index (χ3n) is 4.64. The summed E-state index contributed by atoms with van der Waals surface area (Å²) in [5.41, 5.74) is 0.589. The lowest BCUT2D eigenvalue weighted by Gasteiger charge is -2.33. The topological polar surface area (TPSA) is 77.7 Å². The van der Waals surface area contributed by atoms with Crippen molar-refractivity contribution in [2.24, 2.45) is 0 Å². The second-order valence-electron chi connectivity index (χ2n) is 6.27. The lowest BCUT2D eigenvalue weighted by molar-refractivity contribution is 0.0560. The fraction of sp³-hybridized carbons (Fsp3) is 0.500. The molecule has 0 radical (unpaired) electrons. The molecule has 0 saturated carbocycles. The van der Waals surface area contributed by atoms with Crippen molar-refractivity contribution in [2.75, 3.05) is 19.8 Å². The Bertz CT molecular complexity index is 773. The summed E-state index contributed by atoms with van der Waals surface area (Å²) in [6, 6.07) is 5.17. The summed E-state index contributed by atoms with van der Waals surface area (Å²) in [7, 11) is 0. The molecule has 1 aromatic heterocycles. The lowest BCUT2D eigenvalue weighted by atomic mass is 10.0. The number of hydrogen-bond donors (Lipinski definition) is 0. The number of nitrogens with zero attached hydrogens (tertiary/aromatic N) is 3. The third kappa shape index (κ3) is 3.06. The van der Waals surface area contributed by atoms with E-state index in [-0.39, 0.29) is 11.9 Å². The molecular formula is C18H21N3O4. The van der Waals surface area contributed by atoms with Crippen LogP contribution < -0.4 is 9.47 Å². The van der Waals surface area contributed by atoms with Gasteiger partial charge in [-0.05, 0) is 37.5 Å². The molecule has 0 aliphatic carbocycles. The van der Waals surface area contributed by atoms with Crippen molar-refractivity contribution < 1.29 is 18.8 Å². The molecule has 25 heavy (non-hydrogen) atoms. The van der Waals surface area contributed by atoms with Gasteiger partial charge < -0.3 is 18.9 Å². The second kappa shape index (κ2) is 6.74. The number of benzene rings is 1. The van der Waals surface area contributed by atoms with E-state index in [1.54, 1.807) is 18.2 Å². The van der Waals surface area contributed by atoms with Crippen LogP contribution in [0.25, 0.3) is 0 Å². The van der Waals surface area contributed by atoms with Crippen LogP contribution in [-0.2, 0) is 6.42 Å². The van der Waals surface area contributed by atoms with Crippen LogP contribution in [0.15, 0.2) is 22.7 Å². The van der Waals surface area contributed by atoms with Gasteiger partial charge in [0.15, 0.2) is 17.3 Å². The summed E-state index contributed by atoms with van der Waals surface area (Å²) in [4.78, 5) is 19.4. The van der Waals surface area contributed by atoms with E-state index in [2.05, 4.69) is 10.1 Å². The highest BCUT2D eigenvalue weighted by molar-refractivity contribution is 5.95. The molecule has 0 spiro atoms. The molecule has 1 atom stereocenters. The van der Waals surface area contributed by atoms with Gasteiger partial charge in [0.1, 0.15) is 19.3 Å². The van der Waals surface area contributed by atoms with Crippen LogP contribution in [0, 0.1) is 0 Å². The molecule has 0 bridgehead atoms. The molecule has 7 nitrogen and oxygen atoms in total. The van der Waals surface area contributed by atoms with Gasteiger partial charge in [0.05, 0.1) is 0 Å². The number of ether oxygens (including phenoxy) is 2. The number of likely N-dealkylation sites (tertiary alicyclic amines) is 1. The first-order valence-electron chi connectivity index (χ1n) is 8.79. The van der Waals surface area contributed by atoms with Crippen molar-refractivity contribution in [1.82, 2.24) is 15.0 Å². The van der Waals surface area contributed by atoms with Gasteiger partial charge >= 0.3 is 0 Å². The molecule has 132 valence electrons. The maximum absolute atomic E-state index is 13.1.